The maximum Gasteiger partial charge on any atom is 0.326 e. The van der Waals surface area contributed by atoms with Crippen molar-refractivity contribution in [2.75, 3.05) is 18.4 Å². The minimum atomic E-state index is -0.969. The quantitative estimate of drug-likeness (QED) is 0.655. The van der Waals surface area contributed by atoms with E-state index in [0.29, 0.717) is 31.0 Å². The number of amides is 2. The SMILES string of the molecule is C[C@H](OC(=O)CN1CCCCCC1=O)C(=O)Nc1ccc(OCc2ccccc2)cc1. The van der Waals surface area contributed by atoms with Gasteiger partial charge < -0.3 is 19.7 Å². The summed E-state index contributed by atoms with van der Waals surface area (Å²) in [6.07, 6.45) is 2.18. The second-order valence-electron chi connectivity index (χ2n) is 7.55. The van der Waals surface area contributed by atoms with Gasteiger partial charge in [0.25, 0.3) is 5.91 Å². The average molecular weight is 424 g/mol. The molecule has 1 saturated heterocycles. The summed E-state index contributed by atoms with van der Waals surface area (Å²) < 4.78 is 10.9. The minimum Gasteiger partial charge on any atom is -0.489 e. The lowest BCUT2D eigenvalue weighted by Gasteiger charge is -2.20. The summed E-state index contributed by atoms with van der Waals surface area (Å²) >= 11 is 0. The third kappa shape index (κ3) is 7.13. The van der Waals surface area contributed by atoms with Gasteiger partial charge in [-0.15, -0.1) is 0 Å². The summed E-state index contributed by atoms with van der Waals surface area (Å²) in [5.41, 5.74) is 1.64. The minimum absolute atomic E-state index is 0.0406. The molecule has 164 valence electrons. The molecule has 0 aliphatic carbocycles. The summed E-state index contributed by atoms with van der Waals surface area (Å²) in [5.74, 6) is -0.374. The number of hydrogen-bond acceptors (Lipinski definition) is 5. The molecule has 31 heavy (non-hydrogen) atoms. The van der Waals surface area contributed by atoms with Gasteiger partial charge in [-0.1, -0.05) is 36.8 Å². The van der Waals surface area contributed by atoms with Gasteiger partial charge in [-0.05, 0) is 49.6 Å². The summed E-state index contributed by atoms with van der Waals surface area (Å²) in [7, 11) is 0. The molecule has 2 amide bonds. The molecule has 3 rings (SSSR count). The number of likely N-dealkylation sites (tertiary alicyclic amines) is 1. The van der Waals surface area contributed by atoms with Crippen molar-refractivity contribution in [1.82, 2.24) is 4.90 Å². The predicted molar refractivity (Wildman–Crippen MR) is 116 cm³/mol. The van der Waals surface area contributed by atoms with Crippen LogP contribution in [0.2, 0.25) is 0 Å². The molecule has 7 nitrogen and oxygen atoms in total. The van der Waals surface area contributed by atoms with Crippen LogP contribution in [0.5, 0.6) is 5.75 Å². The Hall–Kier alpha value is -3.35. The van der Waals surface area contributed by atoms with Crippen molar-refractivity contribution in [1.29, 1.82) is 0 Å². The molecule has 1 atom stereocenters. The Balaban J connectivity index is 1.44. The van der Waals surface area contributed by atoms with Crippen molar-refractivity contribution >= 4 is 23.5 Å². The standard InChI is InChI=1S/C24H28N2O5/c1-18(31-23(28)16-26-15-7-3-6-10-22(26)27)24(29)25-20-11-13-21(14-12-20)30-17-19-8-4-2-5-9-19/h2,4-5,8-9,11-14,18H,3,6-7,10,15-17H2,1H3,(H,25,29)/t18-/m0/s1. The van der Waals surface area contributed by atoms with Gasteiger partial charge in [0.1, 0.15) is 18.9 Å². The Morgan fingerprint density at radius 3 is 2.52 bits per heavy atom. The van der Waals surface area contributed by atoms with Gasteiger partial charge in [-0.2, -0.15) is 0 Å². The lowest BCUT2D eigenvalue weighted by Crippen LogP contribution is -2.38. The van der Waals surface area contributed by atoms with Crippen LogP contribution in [0.25, 0.3) is 0 Å². The van der Waals surface area contributed by atoms with E-state index in [2.05, 4.69) is 5.32 Å². The lowest BCUT2D eigenvalue weighted by molar-refractivity contribution is -0.156. The first kappa shape index (κ1) is 22.3. The van der Waals surface area contributed by atoms with Crippen LogP contribution >= 0.6 is 0 Å². The molecule has 0 radical (unpaired) electrons. The van der Waals surface area contributed by atoms with Crippen LogP contribution in [0.4, 0.5) is 5.69 Å². The molecule has 2 aromatic rings. The van der Waals surface area contributed by atoms with Gasteiger partial charge in [0, 0.05) is 18.7 Å². The fourth-order valence-electron chi connectivity index (χ4n) is 3.27. The summed E-state index contributed by atoms with van der Waals surface area (Å²) in [6, 6.07) is 16.8. The number of esters is 1. The van der Waals surface area contributed by atoms with Crippen LogP contribution in [-0.4, -0.2) is 41.9 Å². The highest BCUT2D eigenvalue weighted by atomic mass is 16.5. The van der Waals surface area contributed by atoms with Crippen molar-refractivity contribution in [2.45, 2.75) is 45.3 Å². The molecule has 1 fully saturated rings. The van der Waals surface area contributed by atoms with Crippen molar-refractivity contribution in [3.8, 4) is 5.75 Å². The lowest BCUT2D eigenvalue weighted by atomic mass is 10.2. The first-order valence-corrected chi connectivity index (χ1v) is 10.6. The maximum absolute atomic E-state index is 12.4. The number of nitrogens with zero attached hydrogens (tertiary/aromatic N) is 1. The van der Waals surface area contributed by atoms with E-state index in [4.69, 9.17) is 9.47 Å². The average Bonchev–Trinajstić information content (AvgIpc) is 2.98. The number of carbonyl (C=O) groups excluding carboxylic acids is 3. The number of benzene rings is 2. The van der Waals surface area contributed by atoms with Gasteiger partial charge in [-0.3, -0.25) is 14.4 Å². The summed E-state index contributed by atoms with van der Waals surface area (Å²) in [5, 5.41) is 2.72. The number of nitrogens with one attached hydrogen (secondary N) is 1. The topological polar surface area (TPSA) is 84.9 Å². The number of hydrogen-bond donors (Lipinski definition) is 1. The third-order valence-corrected chi connectivity index (χ3v) is 5.04. The molecule has 1 aliphatic heterocycles. The molecule has 1 heterocycles. The normalized spacial score (nSPS) is 15.0. The molecule has 7 heteroatoms. The van der Waals surface area contributed by atoms with Crippen molar-refractivity contribution < 1.29 is 23.9 Å². The largest absolute Gasteiger partial charge is 0.489 e. The number of rotatable bonds is 8. The zero-order valence-corrected chi connectivity index (χ0v) is 17.7. The van der Waals surface area contributed by atoms with E-state index in [0.717, 1.165) is 24.8 Å². The van der Waals surface area contributed by atoms with E-state index in [1.54, 1.807) is 24.3 Å². The van der Waals surface area contributed by atoms with Crippen LogP contribution in [-0.2, 0) is 25.7 Å². The highest BCUT2D eigenvalue weighted by molar-refractivity contribution is 5.95. The van der Waals surface area contributed by atoms with E-state index >= 15 is 0 Å². The molecule has 2 aromatic carbocycles. The van der Waals surface area contributed by atoms with E-state index in [9.17, 15) is 14.4 Å². The fourth-order valence-corrected chi connectivity index (χ4v) is 3.27. The van der Waals surface area contributed by atoms with Crippen LogP contribution < -0.4 is 10.1 Å². The van der Waals surface area contributed by atoms with Crippen molar-refractivity contribution in [3.05, 3.63) is 60.2 Å². The number of anilines is 1. The summed E-state index contributed by atoms with van der Waals surface area (Å²) in [6.45, 7) is 2.39. The van der Waals surface area contributed by atoms with Crippen LogP contribution in [0.3, 0.4) is 0 Å². The Morgan fingerprint density at radius 1 is 1.03 bits per heavy atom. The highest BCUT2D eigenvalue weighted by Gasteiger charge is 2.23. The summed E-state index contributed by atoms with van der Waals surface area (Å²) in [4.78, 5) is 38.0. The highest BCUT2D eigenvalue weighted by Crippen LogP contribution is 2.18. The Bertz CT molecular complexity index is 883. The second kappa shape index (κ2) is 11.2. The number of ether oxygens (including phenoxy) is 2. The van der Waals surface area contributed by atoms with E-state index in [1.165, 1.54) is 11.8 Å². The third-order valence-electron chi connectivity index (χ3n) is 5.04. The first-order chi connectivity index (χ1) is 15.0. The molecule has 0 spiro atoms. The second-order valence-corrected chi connectivity index (χ2v) is 7.55. The smallest absolute Gasteiger partial charge is 0.326 e. The fraction of sp³-hybridized carbons (Fsp3) is 0.375. The van der Waals surface area contributed by atoms with Crippen LogP contribution in [0.15, 0.2) is 54.6 Å². The molecule has 0 unspecified atom stereocenters. The molecule has 0 aromatic heterocycles. The Labute approximate surface area is 182 Å². The van der Waals surface area contributed by atoms with Crippen molar-refractivity contribution in [2.24, 2.45) is 0 Å². The van der Waals surface area contributed by atoms with Crippen LogP contribution in [0, 0.1) is 0 Å². The molecular formula is C24H28N2O5. The zero-order chi connectivity index (χ0) is 22.1. The Kier molecular flexibility index (Phi) is 8.04. The van der Waals surface area contributed by atoms with Gasteiger partial charge in [0.05, 0.1) is 0 Å². The van der Waals surface area contributed by atoms with Crippen LogP contribution in [0.1, 0.15) is 38.2 Å². The van der Waals surface area contributed by atoms with Gasteiger partial charge >= 0.3 is 5.97 Å². The molecule has 1 N–H and O–H groups in total. The van der Waals surface area contributed by atoms with Gasteiger partial charge in [-0.25, -0.2) is 0 Å². The monoisotopic (exact) mass is 424 g/mol. The molecule has 0 saturated carbocycles. The zero-order valence-electron chi connectivity index (χ0n) is 17.7. The van der Waals surface area contributed by atoms with E-state index in [-0.39, 0.29) is 12.5 Å². The molecule has 0 bridgehead atoms. The molecule has 1 aliphatic rings. The van der Waals surface area contributed by atoms with Crippen molar-refractivity contribution in [3.63, 3.8) is 0 Å². The van der Waals surface area contributed by atoms with Gasteiger partial charge in [0.15, 0.2) is 6.10 Å². The predicted octanol–water partition coefficient (Wildman–Crippen LogP) is 3.54. The van der Waals surface area contributed by atoms with E-state index < -0.39 is 18.0 Å². The Morgan fingerprint density at radius 2 is 1.77 bits per heavy atom. The number of carbonyl (C=O) groups is 3. The van der Waals surface area contributed by atoms with E-state index in [1.807, 2.05) is 30.3 Å². The first-order valence-electron chi connectivity index (χ1n) is 10.6. The molecular weight excluding hydrogens is 396 g/mol. The maximum atomic E-state index is 12.4. The van der Waals surface area contributed by atoms with Gasteiger partial charge in [0.2, 0.25) is 5.91 Å².